The van der Waals surface area contributed by atoms with Crippen molar-refractivity contribution in [2.24, 2.45) is 5.92 Å². The Hall–Kier alpha value is -3.34. The maximum atomic E-state index is 13.3. The predicted molar refractivity (Wildman–Crippen MR) is 126 cm³/mol. The maximum Gasteiger partial charge on any atom is 0.315 e. The van der Waals surface area contributed by atoms with Gasteiger partial charge in [0.15, 0.2) is 5.78 Å². The Bertz CT molecular complexity index is 1040. The first-order valence-electron chi connectivity index (χ1n) is 11.2. The molecule has 0 saturated heterocycles. The summed E-state index contributed by atoms with van der Waals surface area (Å²) < 4.78 is 5.70. The third-order valence-corrected chi connectivity index (χ3v) is 6.29. The summed E-state index contributed by atoms with van der Waals surface area (Å²) in [7, 11) is 3.97. The van der Waals surface area contributed by atoms with E-state index in [1.807, 2.05) is 73.6 Å². The predicted octanol–water partition coefficient (Wildman–Crippen LogP) is 4.36. The number of anilines is 1. The molecule has 0 aromatic heterocycles. The topological polar surface area (TPSA) is 58.6 Å². The first-order valence-corrected chi connectivity index (χ1v) is 11.2. The summed E-state index contributed by atoms with van der Waals surface area (Å²) in [5, 5.41) is 3.27. The number of esters is 1. The van der Waals surface area contributed by atoms with Crippen LogP contribution in [0.1, 0.15) is 36.3 Å². The minimum atomic E-state index is -0.642. The molecule has 2 aliphatic rings. The molecule has 4 rings (SSSR count). The molecule has 2 unspecified atom stereocenters. The lowest BCUT2D eigenvalue weighted by Crippen LogP contribution is -2.41. The van der Waals surface area contributed by atoms with Crippen LogP contribution in [0.3, 0.4) is 0 Å². The van der Waals surface area contributed by atoms with Crippen LogP contribution in [-0.4, -0.2) is 32.5 Å². The molecule has 0 saturated carbocycles. The smallest absolute Gasteiger partial charge is 0.315 e. The highest BCUT2D eigenvalue weighted by Gasteiger charge is 2.43. The fraction of sp³-hybridized carbons (Fsp3) is 0.333. The highest BCUT2D eigenvalue weighted by atomic mass is 16.5. The van der Waals surface area contributed by atoms with E-state index in [1.54, 1.807) is 0 Å². The summed E-state index contributed by atoms with van der Waals surface area (Å²) in [4.78, 5) is 28.3. The van der Waals surface area contributed by atoms with Crippen molar-refractivity contribution in [1.82, 2.24) is 5.32 Å². The van der Waals surface area contributed by atoms with Gasteiger partial charge in [-0.05, 0) is 36.1 Å². The van der Waals surface area contributed by atoms with Gasteiger partial charge >= 0.3 is 5.97 Å². The van der Waals surface area contributed by atoms with Gasteiger partial charge in [0.05, 0.1) is 6.61 Å². The zero-order valence-corrected chi connectivity index (χ0v) is 18.8. The molecule has 2 aromatic rings. The maximum absolute atomic E-state index is 13.3. The molecule has 2 atom stereocenters. The number of carbonyl (C=O) groups is 2. The molecule has 2 aromatic carbocycles. The van der Waals surface area contributed by atoms with Gasteiger partial charge in [-0.3, -0.25) is 9.59 Å². The number of hydrogen-bond acceptors (Lipinski definition) is 5. The molecule has 5 nitrogen and oxygen atoms in total. The highest BCUT2D eigenvalue weighted by Crippen LogP contribution is 2.44. The van der Waals surface area contributed by atoms with Gasteiger partial charge in [0.1, 0.15) is 5.92 Å². The van der Waals surface area contributed by atoms with Crippen LogP contribution in [0.25, 0.3) is 0 Å². The number of ether oxygens (including phenoxy) is 1. The summed E-state index contributed by atoms with van der Waals surface area (Å²) >= 11 is 0. The van der Waals surface area contributed by atoms with Gasteiger partial charge in [-0.25, -0.2) is 0 Å². The summed E-state index contributed by atoms with van der Waals surface area (Å²) in [5.41, 5.74) is 5.33. The Balaban J connectivity index is 1.62. The molecular weight excluding hydrogens is 400 g/mol. The minimum absolute atomic E-state index is 0.107. The van der Waals surface area contributed by atoms with Gasteiger partial charge in [-0.1, -0.05) is 49.0 Å². The summed E-state index contributed by atoms with van der Waals surface area (Å²) in [5.74, 6) is -1.26. The number of Topliss-reactive ketones (excluding diaryl/α,β-unsaturated/α-hetero) is 1. The Morgan fingerprint density at radius 1 is 1.09 bits per heavy atom. The lowest BCUT2D eigenvalue weighted by molar-refractivity contribution is -0.147. The van der Waals surface area contributed by atoms with E-state index in [9.17, 15) is 9.59 Å². The number of hydrogen-bond donors (Lipinski definition) is 1. The zero-order valence-electron chi connectivity index (χ0n) is 18.8. The lowest BCUT2D eigenvalue weighted by Gasteiger charge is -2.38. The third-order valence-electron chi connectivity index (χ3n) is 6.29. The van der Waals surface area contributed by atoms with Crippen LogP contribution in [0, 0.1) is 5.92 Å². The van der Waals surface area contributed by atoms with E-state index < -0.39 is 5.92 Å². The average molecular weight is 431 g/mol. The second-order valence-corrected chi connectivity index (χ2v) is 8.66. The van der Waals surface area contributed by atoms with Crippen molar-refractivity contribution in [3.05, 3.63) is 89.3 Å². The fourth-order valence-electron chi connectivity index (χ4n) is 4.61. The SMILES string of the molecule is C=C1NC2=C(C(=O)CCC2)C(c2ccc(N(C)C)cc2)C1C(=O)OCCc1ccccc1. The Morgan fingerprint density at radius 3 is 2.50 bits per heavy atom. The lowest BCUT2D eigenvalue weighted by atomic mass is 9.71. The average Bonchev–Trinajstić information content (AvgIpc) is 2.79. The quantitative estimate of drug-likeness (QED) is 0.690. The number of carbonyl (C=O) groups excluding carboxylic acids is 2. The number of nitrogens with one attached hydrogen (secondary N) is 1. The van der Waals surface area contributed by atoms with Crippen LogP contribution in [0.4, 0.5) is 5.69 Å². The molecule has 5 heteroatoms. The van der Waals surface area contributed by atoms with Crippen LogP contribution >= 0.6 is 0 Å². The van der Waals surface area contributed by atoms with Gasteiger partial charge < -0.3 is 15.0 Å². The molecule has 0 spiro atoms. The standard InChI is InChI=1S/C27H30N2O3/c1-18-24(27(31)32-17-16-19-8-5-4-6-9-19)25(20-12-14-21(15-13-20)29(2)3)26-22(28-18)10-7-11-23(26)30/h4-6,8-9,12-15,24-25,28H,1,7,10-11,16-17H2,2-3H3. The minimum Gasteiger partial charge on any atom is -0.465 e. The first kappa shape index (κ1) is 21.9. The van der Waals surface area contributed by atoms with E-state index in [1.165, 1.54) is 0 Å². The van der Waals surface area contributed by atoms with Crippen LogP contribution < -0.4 is 10.2 Å². The van der Waals surface area contributed by atoms with Crippen molar-refractivity contribution < 1.29 is 14.3 Å². The number of allylic oxidation sites excluding steroid dienone is 2. The highest BCUT2D eigenvalue weighted by molar-refractivity contribution is 6.00. The molecule has 0 bridgehead atoms. The van der Waals surface area contributed by atoms with Crippen LogP contribution in [0.15, 0.2) is 78.1 Å². The van der Waals surface area contributed by atoms with E-state index >= 15 is 0 Å². The molecule has 0 amide bonds. The van der Waals surface area contributed by atoms with Crippen LogP contribution in [0.2, 0.25) is 0 Å². The number of rotatable bonds is 6. The molecule has 0 fully saturated rings. The molecule has 1 heterocycles. The van der Waals surface area contributed by atoms with Gasteiger partial charge in [0.2, 0.25) is 0 Å². The van der Waals surface area contributed by atoms with Gasteiger partial charge in [0, 0.05) is 55.5 Å². The Kier molecular flexibility index (Phi) is 6.45. The third kappa shape index (κ3) is 4.47. The van der Waals surface area contributed by atoms with Crippen molar-refractivity contribution >= 4 is 17.4 Å². The van der Waals surface area contributed by atoms with Crippen LogP contribution in [0.5, 0.6) is 0 Å². The molecule has 32 heavy (non-hydrogen) atoms. The van der Waals surface area contributed by atoms with Crippen molar-refractivity contribution in [3.63, 3.8) is 0 Å². The summed E-state index contributed by atoms with van der Waals surface area (Å²) in [6, 6.07) is 18.0. The molecule has 1 aliphatic heterocycles. The van der Waals surface area contributed by atoms with E-state index in [4.69, 9.17) is 4.74 Å². The first-order chi connectivity index (χ1) is 15.5. The molecule has 166 valence electrons. The Morgan fingerprint density at radius 2 is 1.81 bits per heavy atom. The van der Waals surface area contributed by atoms with Gasteiger partial charge in [-0.2, -0.15) is 0 Å². The normalized spacial score (nSPS) is 20.4. The summed E-state index contributed by atoms with van der Waals surface area (Å²) in [6.45, 7) is 4.45. The van der Waals surface area contributed by atoms with Crippen molar-refractivity contribution in [3.8, 4) is 0 Å². The number of nitrogens with zero attached hydrogens (tertiary/aromatic N) is 1. The van der Waals surface area contributed by atoms with Crippen LogP contribution in [-0.2, 0) is 20.7 Å². The van der Waals surface area contributed by atoms with E-state index in [2.05, 4.69) is 11.9 Å². The molecule has 1 N–H and O–H groups in total. The van der Waals surface area contributed by atoms with Gasteiger partial charge in [-0.15, -0.1) is 0 Å². The molecular formula is C27H30N2O3. The van der Waals surface area contributed by atoms with E-state index in [0.29, 0.717) is 30.7 Å². The van der Waals surface area contributed by atoms with E-state index in [-0.39, 0.29) is 17.7 Å². The largest absolute Gasteiger partial charge is 0.465 e. The van der Waals surface area contributed by atoms with E-state index in [0.717, 1.165) is 35.4 Å². The fourth-order valence-corrected chi connectivity index (χ4v) is 4.61. The van der Waals surface area contributed by atoms with Crippen molar-refractivity contribution in [2.75, 3.05) is 25.6 Å². The molecule has 1 aliphatic carbocycles. The summed E-state index contributed by atoms with van der Waals surface area (Å²) in [6.07, 6.45) is 2.77. The van der Waals surface area contributed by atoms with Gasteiger partial charge in [0.25, 0.3) is 0 Å². The van der Waals surface area contributed by atoms with Crippen molar-refractivity contribution in [1.29, 1.82) is 0 Å². The zero-order chi connectivity index (χ0) is 22.7. The number of benzene rings is 2. The van der Waals surface area contributed by atoms with Crippen molar-refractivity contribution in [2.45, 2.75) is 31.6 Å². The Labute approximate surface area is 189 Å². The monoisotopic (exact) mass is 430 g/mol. The second-order valence-electron chi connectivity index (χ2n) is 8.66. The second kappa shape index (κ2) is 9.43. The molecule has 0 radical (unpaired) electrons. The number of ketones is 1.